The normalized spacial score (nSPS) is 16.5. The number of carbonyl (C=O) groups is 1. The molecule has 1 aliphatic rings. The fourth-order valence-electron chi connectivity index (χ4n) is 4.93. The molecule has 33 heavy (non-hydrogen) atoms. The van der Waals surface area contributed by atoms with E-state index in [0.29, 0.717) is 23.6 Å². The second kappa shape index (κ2) is 8.70. The van der Waals surface area contributed by atoms with E-state index in [9.17, 15) is 4.79 Å². The average molecular weight is 477 g/mol. The molecule has 0 N–H and O–H groups in total. The fraction of sp³-hybridized carbons (Fsp3) is 0.393. The van der Waals surface area contributed by atoms with Crippen LogP contribution in [0.3, 0.4) is 0 Å². The molecule has 0 bridgehead atoms. The van der Waals surface area contributed by atoms with Crippen molar-refractivity contribution in [3.8, 4) is 12.3 Å². The van der Waals surface area contributed by atoms with Crippen LogP contribution in [0.2, 0.25) is 23.2 Å². The number of carbonyl (C=O) groups excluding carboxylic acids is 1. The third kappa shape index (κ3) is 4.02. The molecule has 1 amide bonds. The van der Waals surface area contributed by atoms with Gasteiger partial charge in [-0.15, -0.1) is 12.3 Å². The van der Waals surface area contributed by atoms with Gasteiger partial charge in [-0.3, -0.25) is 4.79 Å². The van der Waals surface area contributed by atoms with Gasteiger partial charge in [-0.1, -0.05) is 63.7 Å². The van der Waals surface area contributed by atoms with Gasteiger partial charge in [0.15, 0.2) is 8.24 Å². The van der Waals surface area contributed by atoms with Gasteiger partial charge < -0.3 is 9.13 Å². The van der Waals surface area contributed by atoms with Crippen molar-refractivity contribution in [3.63, 3.8) is 0 Å². The van der Waals surface area contributed by atoms with Crippen molar-refractivity contribution in [2.45, 2.75) is 64.2 Å². The highest BCUT2D eigenvalue weighted by Gasteiger charge is 2.44. The number of aromatic nitrogens is 1. The van der Waals surface area contributed by atoms with Gasteiger partial charge in [0.1, 0.15) is 0 Å². The molecule has 3 aromatic rings. The van der Waals surface area contributed by atoms with Crippen molar-refractivity contribution in [2.75, 3.05) is 6.54 Å². The smallest absolute Gasteiger partial charge is 0.254 e. The molecule has 1 aromatic heterocycles. The maximum Gasteiger partial charge on any atom is 0.254 e. The molecular formula is C28H33ClN2OSi. The number of terminal acetylenes is 1. The van der Waals surface area contributed by atoms with Crippen molar-refractivity contribution in [2.24, 2.45) is 0 Å². The van der Waals surface area contributed by atoms with Crippen LogP contribution in [0.15, 0.2) is 48.5 Å². The Bertz CT molecular complexity index is 1230. The summed E-state index contributed by atoms with van der Waals surface area (Å²) in [4.78, 5) is 15.7. The molecule has 1 atom stereocenters. The van der Waals surface area contributed by atoms with Crippen molar-refractivity contribution < 1.29 is 4.79 Å². The number of rotatable bonds is 4. The third-order valence-electron chi connectivity index (χ3n) is 7.62. The Morgan fingerprint density at radius 1 is 1.15 bits per heavy atom. The Morgan fingerprint density at radius 3 is 2.45 bits per heavy atom. The molecule has 0 aliphatic carbocycles. The zero-order valence-electron chi connectivity index (χ0n) is 20.3. The number of amides is 1. The van der Waals surface area contributed by atoms with Gasteiger partial charge in [0.25, 0.3) is 5.91 Å². The van der Waals surface area contributed by atoms with E-state index in [0.717, 1.165) is 12.8 Å². The summed E-state index contributed by atoms with van der Waals surface area (Å²) in [5.74, 6) is 2.87. The minimum absolute atomic E-state index is 0.0468. The predicted molar refractivity (Wildman–Crippen MR) is 142 cm³/mol. The monoisotopic (exact) mass is 476 g/mol. The summed E-state index contributed by atoms with van der Waals surface area (Å²) in [6.07, 6.45) is 7.96. The summed E-state index contributed by atoms with van der Waals surface area (Å²) in [6, 6.07) is 15.9. The number of nitrogens with zero attached hydrogens (tertiary/aromatic N) is 2. The molecule has 172 valence electrons. The van der Waals surface area contributed by atoms with Crippen LogP contribution in [0.4, 0.5) is 0 Å². The average Bonchev–Trinajstić information content (AvgIpc) is 3.12. The third-order valence-corrected chi connectivity index (χ3v) is 13.1. The Hall–Kier alpha value is -2.48. The van der Waals surface area contributed by atoms with E-state index >= 15 is 0 Å². The Kier molecular flexibility index (Phi) is 6.24. The van der Waals surface area contributed by atoms with Crippen LogP contribution < -0.4 is 0 Å². The lowest BCUT2D eigenvalue weighted by atomic mass is 9.93. The van der Waals surface area contributed by atoms with Crippen molar-refractivity contribution >= 4 is 36.6 Å². The number of hydrogen-bond donors (Lipinski definition) is 0. The van der Waals surface area contributed by atoms with Gasteiger partial charge in [-0.2, -0.15) is 0 Å². The van der Waals surface area contributed by atoms with Crippen LogP contribution in [0.25, 0.3) is 10.9 Å². The molecular weight excluding hydrogens is 444 g/mol. The minimum Gasteiger partial charge on any atom is -0.370 e. The highest BCUT2D eigenvalue weighted by Crippen LogP contribution is 2.46. The van der Waals surface area contributed by atoms with Crippen LogP contribution in [-0.4, -0.2) is 29.8 Å². The van der Waals surface area contributed by atoms with Crippen LogP contribution in [0.5, 0.6) is 0 Å². The maximum atomic E-state index is 13.7. The zero-order chi connectivity index (χ0) is 24.0. The lowest BCUT2D eigenvalue weighted by molar-refractivity contribution is 0.0646. The number of para-hydroxylation sites is 1. The molecule has 2 heterocycles. The highest BCUT2D eigenvalue weighted by molar-refractivity contribution is 6.79. The van der Waals surface area contributed by atoms with E-state index < -0.39 is 8.24 Å². The van der Waals surface area contributed by atoms with Crippen LogP contribution in [0.1, 0.15) is 61.3 Å². The van der Waals surface area contributed by atoms with Gasteiger partial charge in [-0.05, 0) is 53.8 Å². The van der Waals surface area contributed by atoms with Crippen molar-refractivity contribution in [3.05, 3.63) is 70.4 Å². The maximum absolute atomic E-state index is 13.7. The van der Waals surface area contributed by atoms with E-state index in [-0.39, 0.29) is 17.0 Å². The van der Waals surface area contributed by atoms with Gasteiger partial charge in [0.05, 0.1) is 6.04 Å². The molecule has 3 nitrogen and oxygen atoms in total. The Morgan fingerprint density at radius 2 is 1.82 bits per heavy atom. The molecule has 0 saturated heterocycles. The minimum atomic E-state index is -2.00. The summed E-state index contributed by atoms with van der Waals surface area (Å²) < 4.78 is 2.64. The summed E-state index contributed by atoms with van der Waals surface area (Å²) >= 11 is 6.08. The van der Waals surface area contributed by atoms with E-state index in [4.69, 9.17) is 18.0 Å². The van der Waals surface area contributed by atoms with Crippen LogP contribution >= 0.6 is 11.6 Å². The first-order chi connectivity index (χ1) is 15.6. The number of benzene rings is 2. The van der Waals surface area contributed by atoms with Crippen molar-refractivity contribution in [1.82, 2.24) is 9.13 Å². The van der Waals surface area contributed by atoms with Gasteiger partial charge in [0, 0.05) is 40.1 Å². The molecule has 1 unspecified atom stereocenters. The largest absolute Gasteiger partial charge is 0.370 e. The standard InChI is InChI=1S/C28H33ClN2OSi/c1-7-8-12-25-26-23(18-19-30(25)27(32)20-14-16-21(29)17-15-20)22-11-9-10-13-24(22)31(26)33(5,6)28(2,3)4/h1,9-11,13-17,25H,8,12,18-19H2,2-6H3. The molecule has 5 heteroatoms. The molecule has 4 rings (SSSR count). The summed E-state index contributed by atoms with van der Waals surface area (Å²) in [6.45, 7) is 12.6. The van der Waals surface area contributed by atoms with E-state index in [1.807, 2.05) is 17.0 Å². The Balaban J connectivity index is 1.94. The van der Waals surface area contributed by atoms with E-state index in [1.165, 1.54) is 22.2 Å². The molecule has 0 fully saturated rings. The SMILES string of the molecule is C#CCCC1c2c(c3ccccc3n2[Si](C)(C)C(C)(C)C)CCN1C(=O)c1ccc(Cl)cc1. The van der Waals surface area contributed by atoms with E-state index in [2.05, 4.69) is 68.3 Å². The predicted octanol–water partition coefficient (Wildman–Crippen LogP) is 7.30. The Labute approximate surface area is 203 Å². The molecule has 1 aliphatic heterocycles. The second-order valence-corrected chi connectivity index (χ2v) is 16.0. The second-order valence-electron chi connectivity index (χ2n) is 10.5. The lowest BCUT2D eigenvalue weighted by Gasteiger charge is -2.44. The van der Waals surface area contributed by atoms with Crippen molar-refractivity contribution in [1.29, 1.82) is 0 Å². The van der Waals surface area contributed by atoms with Gasteiger partial charge in [-0.25, -0.2) is 0 Å². The molecule has 0 spiro atoms. The van der Waals surface area contributed by atoms with Gasteiger partial charge >= 0.3 is 0 Å². The van der Waals surface area contributed by atoms with Crippen LogP contribution in [0, 0.1) is 12.3 Å². The quantitative estimate of drug-likeness (QED) is 0.286. The number of halogens is 1. The summed E-state index contributed by atoms with van der Waals surface area (Å²) in [7, 11) is -2.00. The summed E-state index contributed by atoms with van der Waals surface area (Å²) in [5, 5.41) is 2.10. The summed E-state index contributed by atoms with van der Waals surface area (Å²) in [5.41, 5.74) is 4.65. The zero-order valence-corrected chi connectivity index (χ0v) is 22.0. The number of hydrogen-bond acceptors (Lipinski definition) is 1. The first-order valence-corrected chi connectivity index (χ1v) is 15.0. The first-order valence-electron chi connectivity index (χ1n) is 11.7. The van der Waals surface area contributed by atoms with Crippen LogP contribution in [-0.2, 0) is 6.42 Å². The fourth-order valence-corrected chi connectivity index (χ4v) is 7.41. The molecule has 0 radical (unpaired) electrons. The molecule has 0 saturated carbocycles. The van der Waals surface area contributed by atoms with Gasteiger partial charge in [0.2, 0.25) is 0 Å². The lowest BCUT2D eigenvalue weighted by Crippen LogP contribution is -2.49. The highest BCUT2D eigenvalue weighted by atomic mass is 35.5. The first kappa shape index (κ1) is 23.7. The molecule has 2 aromatic carbocycles. The number of fused-ring (bicyclic) bond motifs is 3. The topological polar surface area (TPSA) is 25.2 Å². The van der Waals surface area contributed by atoms with E-state index in [1.54, 1.807) is 12.1 Å².